The molecule has 1 aromatic carbocycles. The number of hydrogen-bond acceptors (Lipinski definition) is 2. The van der Waals surface area contributed by atoms with Crippen LogP contribution >= 0.6 is 11.8 Å². The van der Waals surface area contributed by atoms with E-state index in [0.717, 1.165) is 23.4 Å². The van der Waals surface area contributed by atoms with Crippen molar-refractivity contribution in [2.75, 3.05) is 11.6 Å². The molecule has 0 saturated heterocycles. The van der Waals surface area contributed by atoms with E-state index in [4.69, 9.17) is 0 Å². The molecule has 92 valence electrons. The molecule has 1 aromatic rings. The Morgan fingerprint density at radius 1 is 1.24 bits per heavy atom. The quantitative estimate of drug-likeness (QED) is 0.822. The summed E-state index contributed by atoms with van der Waals surface area (Å²) in [6, 6.07) is 7.99. The third-order valence-electron chi connectivity index (χ3n) is 3.34. The number of thioether (sulfide) groups is 1. The van der Waals surface area contributed by atoms with E-state index in [1.165, 1.54) is 19.3 Å². The van der Waals surface area contributed by atoms with Gasteiger partial charge in [-0.15, -0.1) is 11.8 Å². The zero-order valence-corrected chi connectivity index (χ0v) is 11.1. The summed E-state index contributed by atoms with van der Waals surface area (Å²) in [5.41, 5.74) is 0.954. The number of carbonyl (C=O) groups excluding carboxylic acids is 1. The summed E-state index contributed by atoms with van der Waals surface area (Å²) in [4.78, 5) is 13.3. The van der Waals surface area contributed by atoms with Crippen LogP contribution in [0.2, 0.25) is 0 Å². The average molecular weight is 249 g/mol. The number of hydrogen-bond donors (Lipinski definition) is 1. The van der Waals surface area contributed by atoms with Gasteiger partial charge in [0.05, 0.1) is 5.69 Å². The van der Waals surface area contributed by atoms with Gasteiger partial charge in [0, 0.05) is 10.8 Å². The van der Waals surface area contributed by atoms with Crippen LogP contribution in [0, 0.1) is 5.92 Å². The molecule has 0 heterocycles. The summed E-state index contributed by atoms with van der Waals surface area (Å²) in [6.07, 6.45) is 7.81. The second-order valence-electron chi connectivity index (χ2n) is 4.52. The molecule has 1 fully saturated rings. The van der Waals surface area contributed by atoms with E-state index < -0.39 is 0 Å². The Bertz CT molecular complexity index is 386. The second kappa shape index (κ2) is 6.10. The molecule has 2 nitrogen and oxygen atoms in total. The van der Waals surface area contributed by atoms with Crippen molar-refractivity contribution in [3.05, 3.63) is 24.3 Å². The molecule has 0 aromatic heterocycles. The Morgan fingerprint density at radius 2 is 1.94 bits per heavy atom. The van der Waals surface area contributed by atoms with Crippen LogP contribution in [0.5, 0.6) is 0 Å². The highest BCUT2D eigenvalue weighted by Gasteiger charge is 2.21. The maximum absolute atomic E-state index is 12.1. The monoisotopic (exact) mass is 249 g/mol. The lowest BCUT2D eigenvalue weighted by atomic mass is 9.88. The fraction of sp³-hybridized carbons (Fsp3) is 0.500. The number of nitrogens with one attached hydrogen (secondary N) is 1. The molecule has 1 aliphatic carbocycles. The summed E-state index contributed by atoms with van der Waals surface area (Å²) < 4.78 is 0. The third-order valence-corrected chi connectivity index (χ3v) is 4.14. The molecular weight excluding hydrogens is 230 g/mol. The average Bonchev–Trinajstić information content (AvgIpc) is 2.40. The van der Waals surface area contributed by atoms with Gasteiger partial charge in [0.15, 0.2) is 0 Å². The SMILES string of the molecule is CSc1ccccc1NC(=O)C1CCCCC1. The van der Waals surface area contributed by atoms with Gasteiger partial charge in [-0.2, -0.15) is 0 Å². The lowest BCUT2D eigenvalue weighted by molar-refractivity contribution is -0.120. The molecule has 0 atom stereocenters. The van der Waals surface area contributed by atoms with Crippen LogP contribution in [-0.2, 0) is 4.79 Å². The zero-order valence-electron chi connectivity index (χ0n) is 10.2. The first-order chi connectivity index (χ1) is 8.31. The number of benzene rings is 1. The molecule has 1 amide bonds. The molecular formula is C14H19NOS. The summed E-state index contributed by atoms with van der Waals surface area (Å²) in [7, 11) is 0. The van der Waals surface area contributed by atoms with Crippen molar-refractivity contribution in [1.29, 1.82) is 0 Å². The lowest BCUT2D eigenvalue weighted by Gasteiger charge is -2.21. The van der Waals surface area contributed by atoms with E-state index in [-0.39, 0.29) is 11.8 Å². The largest absolute Gasteiger partial charge is 0.325 e. The van der Waals surface area contributed by atoms with E-state index in [9.17, 15) is 4.79 Å². The molecule has 17 heavy (non-hydrogen) atoms. The summed E-state index contributed by atoms with van der Waals surface area (Å²) in [5, 5.41) is 3.07. The molecule has 1 aliphatic rings. The van der Waals surface area contributed by atoms with Crippen molar-refractivity contribution < 1.29 is 4.79 Å². The van der Waals surface area contributed by atoms with Gasteiger partial charge in [-0.25, -0.2) is 0 Å². The van der Waals surface area contributed by atoms with E-state index in [1.807, 2.05) is 30.5 Å². The van der Waals surface area contributed by atoms with Crippen molar-refractivity contribution >= 4 is 23.4 Å². The van der Waals surface area contributed by atoms with Crippen LogP contribution < -0.4 is 5.32 Å². The Balaban J connectivity index is 2.01. The van der Waals surface area contributed by atoms with Crippen LogP contribution in [0.4, 0.5) is 5.69 Å². The minimum atomic E-state index is 0.200. The van der Waals surface area contributed by atoms with Gasteiger partial charge in [-0.1, -0.05) is 31.4 Å². The maximum Gasteiger partial charge on any atom is 0.227 e. The predicted molar refractivity (Wildman–Crippen MR) is 73.4 cm³/mol. The van der Waals surface area contributed by atoms with Gasteiger partial charge in [-0.3, -0.25) is 4.79 Å². The Labute approximate surface area is 107 Å². The van der Waals surface area contributed by atoms with Crippen molar-refractivity contribution in [2.24, 2.45) is 5.92 Å². The van der Waals surface area contributed by atoms with Gasteiger partial charge < -0.3 is 5.32 Å². The van der Waals surface area contributed by atoms with Crippen molar-refractivity contribution in [3.63, 3.8) is 0 Å². The topological polar surface area (TPSA) is 29.1 Å². The molecule has 0 bridgehead atoms. The highest BCUT2D eigenvalue weighted by Crippen LogP contribution is 2.28. The Kier molecular flexibility index (Phi) is 4.49. The van der Waals surface area contributed by atoms with Gasteiger partial charge in [0.25, 0.3) is 0 Å². The predicted octanol–water partition coefficient (Wildman–Crippen LogP) is 3.93. The Hall–Kier alpha value is -0.960. The molecule has 1 saturated carbocycles. The summed E-state index contributed by atoms with van der Waals surface area (Å²) in [6.45, 7) is 0. The standard InChI is InChI=1S/C14H19NOS/c1-17-13-10-6-5-9-12(13)15-14(16)11-7-3-2-4-8-11/h5-6,9-11H,2-4,7-8H2,1H3,(H,15,16). The number of rotatable bonds is 3. The maximum atomic E-state index is 12.1. The summed E-state index contributed by atoms with van der Waals surface area (Å²) >= 11 is 1.67. The first-order valence-corrected chi connectivity index (χ1v) is 7.47. The smallest absolute Gasteiger partial charge is 0.227 e. The molecule has 0 aliphatic heterocycles. The van der Waals surface area contributed by atoms with Crippen LogP contribution in [-0.4, -0.2) is 12.2 Å². The van der Waals surface area contributed by atoms with E-state index in [1.54, 1.807) is 11.8 Å². The van der Waals surface area contributed by atoms with Gasteiger partial charge in [0.1, 0.15) is 0 Å². The zero-order chi connectivity index (χ0) is 12.1. The molecule has 0 unspecified atom stereocenters. The second-order valence-corrected chi connectivity index (χ2v) is 5.37. The summed E-state index contributed by atoms with van der Waals surface area (Å²) in [5.74, 6) is 0.421. The first-order valence-electron chi connectivity index (χ1n) is 6.25. The number of anilines is 1. The van der Waals surface area contributed by atoms with E-state index >= 15 is 0 Å². The lowest BCUT2D eigenvalue weighted by Crippen LogP contribution is -2.24. The first kappa shape index (κ1) is 12.5. The van der Waals surface area contributed by atoms with Crippen molar-refractivity contribution in [2.45, 2.75) is 37.0 Å². The number of carbonyl (C=O) groups is 1. The minimum absolute atomic E-state index is 0.200. The van der Waals surface area contributed by atoms with Gasteiger partial charge in [-0.05, 0) is 31.2 Å². The van der Waals surface area contributed by atoms with E-state index in [0.29, 0.717) is 0 Å². The minimum Gasteiger partial charge on any atom is -0.325 e. The van der Waals surface area contributed by atoms with Gasteiger partial charge in [0.2, 0.25) is 5.91 Å². The van der Waals surface area contributed by atoms with Gasteiger partial charge >= 0.3 is 0 Å². The fourth-order valence-corrected chi connectivity index (χ4v) is 2.90. The Morgan fingerprint density at radius 3 is 2.65 bits per heavy atom. The molecule has 0 spiro atoms. The number of para-hydroxylation sites is 1. The molecule has 2 rings (SSSR count). The molecule has 1 N–H and O–H groups in total. The normalized spacial score (nSPS) is 16.8. The molecule has 0 radical (unpaired) electrons. The fourth-order valence-electron chi connectivity index (χ4n) is 2.35. The van der Waals surface area contributed by atoms with Crippen molar-refractivity contribution in [3.8, 4) is 0 Å². The molecule has 3 heteroatoms. The van der Waals surface area contributed by atoms with Crippen molar-refractivity contribution in [1.82, 2.24) is 0 Å². The highest BCUT2D eigenvalue weighted by atomic mass is 32.2. The van der Waals surface area contributed by atoms with Crippen LogP contribution in [0.15, 0.2) is 29.2 Å². The van der Waals surface area contributed by atoms with E-state index in [2.05, 4.69) is 5.32 Å². The number of amides is 1. The van der Waals surface area contributed by atoms with Crippen LogP contribution in [0.3, 0.4) is 0 Å². The van der Waals surface area contributed by atoms with Crippen LogP contribution in [0.25, 0.3) is 0 Å². The highest BCUT2D eigenvalue weighted by molar-refractivity contribution is 7.98. The third kappa shape index (κ3) is 3.25. The van der Waals surface area contributed by atoms with Crippen LogP contribution in [0.1, 0.15) is 32.1 Å².